The lowest BCUT2D eigenvalue weighted by molar-refractivity contribution is -0.0253. The fourth-order valence-electron chi connectivity index (χ4n) is 7.75. The second-order valence-electron chi connectivity index (χ2n) is 16.3. The Morgan fingerprint density at radius 3 is 1.14 bits per heavy atom. The first kappa shape index (κ1) is 51.9. The molecule has 0 saturated carbocycles. The molecule has 0 radical (unpaired) electrons. The molecule has 0 heterocycles. The molecular formula is C51H71NO12Si. The van der Waals surface area contributed by atoms with Gasteiger partial charge in [-0.2, -0.15) is 0 Å². The molecule has 0 bridgehead atoms. The first-order valence-electron chi connectivity index (χ1n) is 23.0. The number of fused-ring (bicyclic) bond motifs is 3. The van der Waals surface area contributed by atoms with E-state index in [0.717, 1.165) is 0 Å². The SMILES string of the molecule is CC(C)(C)[Si](OCCOCCOCCOCCOCCOCCOCCOCCOCCOCCNC(=O)OCC1c2ccccc2-c2ccccc21)(c1ccccc1)c1ccccc1. The fourth-order valence-corrected chi connectivity index (χ4v) is 12.3. The van der Waals surface area contributed by atoms with Crippen LogP contribution in [0.3, 0.4) is 0 Å². The summed E-state index contributed by atoms with van der Waals surface area (Å²) in [5.74, 6) is 0.0340. The van der Waals surface area contributed by atoms with Gasteiger partial charge in [0.05, 0.1) is 126 Å². The van der Waals surface area contributed by atoms with Gasteiger partial charge in [-0.3, -0.25) is 0 Å². The number of benzene rings is 4. The number of nitrogens with one attached hydrogen (secondary N) is 1. The molecule has 0 aliphatic heterocycles. The maximum atomic E-state index is 12.3. The molecule has 0 saturated heterocycles. The molecule has 13 nitrogen and oxygen atoms in total. The predicted molar refractivity (Wildman–Crippen MR) is 254 cm³/mol. The molecule has 5 rings (SSSR count). The van der Waals surface area contributed by atoms with Gasteiger partial charge in [0.1, 0.15) is 6.61 Å². The van der Waals surface area contributed by atoms with E-state index >= 15 is 0 Å². The Bertz CT molecular complexity index is 1780. The van der Waals surface area contributed by atoms with Gasteiger partial charge in [0, 0.05) is 12.5 Å². The van der Waals surface area contributed by atoms with Gasteiger partial charge in [-0.05, 0) is 37.7 Å². The monoisotopic (exact) mass is 917 g/mol. The molecule has 0 atom stereocenters. The molecular weight excluding hydrogens is 847 g/mol. The lowest BCUT2D eigenvalue weighted by Gasteiger charge is -2.43. The van der Waals surface area contributed by atoms with Gasteiger partial charge in [0.15, 0.2) is 0 Å². The second kappa shape index (κ2) is 30.3. The minimum atomic E-state index is -2.55. The Hall–Kier alpha value is -4.03. The highest BCUT2D eigenvalue weighted by atomic mass is 28.4. The van der Waals surface area contributed by atoms with Crippen LogP contribution >= 0.6 is 0 Å². The minimum Gasteiger partial charge on any atom is -0.449 e. The van der Waals surface area contributed by atoms with Crippen molar-refractivity contribution in [2.45, 2.75) is 31.7 Å². The van der Waals surface area contributed by atoms with Crippen LogP contribution in [0.25, 0.3) is 11.1 Å². The summed E-state index contributed by atoms with van der Waals surface area (Å²) in [6, 6.07) is 37.8. The van der Waals surface area contributed by atoms with Crippen molar-refractivity contribution in [2.24, 2.45) is 0 Å². The molecule has 4 aromatic carbocycles. The smallest absolute Gasteiger partial charge is 0.407 e. The zero-order chi connectivity index (χ0) is 45.7. The largest absolute Gasteiger partial charge is 0.449 e. The molecule has 1 amide bonds. The Morgan fingerprint density at radius 2 is 0.769 bits per heavy atom. The minimum absolute atomic E-state index is 0.0340. The maximum absolute atomic E-state index is 12.3. The summed E-state index contributed by atoms with van der Waals surface area (Å²) in [6.45, 7) is 16.5. The van der Waals surface area contributed by atoms with Crippen LogP contribution in [0.2, 0.25) is 5.04 Å². The lowest BCUT2D eigenvalue weighted by Crippen LogP contribution is -2.66. The van der Waals surface area contributed by atoms with Gasteiger partial charge >= 0.3 is 6.09 Å². The maximum Gasteiger partial charge on any atom is 0.407 e. The normalized spacial score (nSPS) is 12.6. The van der Waals surface area contributed by atoms with E-state index in [1.165, 1.54) is 32.6 Å². The van der Waals surface area contributed by atoms with Crippen molar-refractivity contribution in [1.29, 1.82) is 0 Å². The van der Waals surface area contributed by atoms with Gasteiger partial charge in [-0.25, -0.2) is 4.79 Å². The van der Waals surface area contributed by atoms with E-state index in [9.17, 15) is 4.79 Å². The fraction of sp³-hybridized carbons (Fsp3) is 0.510. The number of amides is 1. The Labute approximate surface area is 387 Å². The third kappa shape index (κ3) is 17.6. The summed E-state index contributed by atoms with van der Waals surface area (Å²) < 4.78 is 62.8. The van der Waals surface area contributed by atoms with Crippen molar-refractivity contribution in [3.63, 3.8) is 0 Å². The number of hydrogen-bond acceptors (Lipinski definition) is 12. The van der Waals surface area contributed by atoms with Gasteiger partial charge < -0.3 is 57.1 Å². The van der Waals surface area contributed by atoms with E-state index in [1.807, 2.05) is 24.3 Å². The van der Waals surface area contributed by atoms with Crippen LogP contribution in [-0.2, 0) is 51.8 Å². The Kier molecular flexibility index (Phi) is 24.2. The highest BCUT2D eigenvalue weighted by Crippen LogP contribution is 2.44. The first-order valence-corrected chi connectivity index (χ1v) is 24.9. The standard InChI is InChI=1S/C51H71NO12Si/c1-51(2,3)65(43-14-6-4-7-15-43,44-16-8-5-9-17-44)64-41-40-62-39-38-61-37-36-60-35-34-59-33-32-58-31-30-57-29-28-56-27-26-55-25-24-54-23-22-52-50(53)63-42-49-47-20-12-10-18-45(47)46-19-11-13-21-48(46)49/h4-21,49H,22-42H2,1-3H3,(H,52,53). The number of alkyl carbamates (subject to hydrolysis) is 1. The summed E-state index contributed by atoms with van der Waals surface area (Å²) in [5.41, 5.74) is 4.77. The van der Waals surface area contributed by atoms with E-state index in [4.69, 9.17) is 51.8 Å². The molecule has 65 heavy (non-hydrogen) atoms. The second-order valence-corrected chi connectivity index (χ2v) is 20.6. The molecule has 0 fully saturated rings. The van der Waals surface area contributed by atoms with Crippen LogP contribution in [-0.4, -0.2) is 153 Å². The average Bonchev–Trinajstić information content (AvgIpc) is 3.64. The van der Waals surface area contributed by atoms with Crippen LogP contribution in [0, 0.1) is 0 Å². The third-order valence-corrected chi connectivity index (χ3v) is 15.8. The van der Waals surface area contributed by atoms with Gasteiger partial charge in [-0.15, -0.1) is 0 Å². The molecule has 1 aliphatic rings. The zero-order valence-electron chi connectivity index (χ0n) is 38.7. The van der Waals surface area contributed by atoms with Crippen molar-refractivity contribution in [3.05, 3.63) is 120 Å². The van der Waals surface area contributed by atoms with Gasteiger partial charge in [0.2, 0.25) is 0 Å². The Balaban J connectivity index is 0.719. The van der Waals surface area contributed by atoms with Crippen molar-refractivity contribution in [1.82, 2.24) is 5.32 Å². The molecule has 1 aliphatic carbocycles. The summed E-state index contributed by atoms with van der Waals surface area (Å²) in [7, 11) is -2.55. The molecule has 4 aromatic rings. The number of hydrogen-bond donors (Lipinski definition) is 1. The molecule has 0 unspecified atom stereocenters. The van der Waals surface area contributed by atoms with Crippen LogP contribution in [0.5, 0.6) is 0 Å². The third-order valence-electron chi connectivity index (χ3n) is 10.8. The van der Waals surface area contributed by atoms with Gasteiger partial charge in [0.25, 0.3) is 8.32 Å². The average molecular weight is 918 g/mol. The molecule has 356 valence electrons. The molecule has 1 N–H and O–H groups in total. The zero-order valence-corrected chi connectivity index (χ0v) is 39.7. The predicted octanol–water partition coefficient (Wildman–Crippen LogP) is 6.25. The first-order chi connectivity index (χ1) is 31.9. The summed E-state index contributed by atoms with van der Waals surface area (Å²) in [5, 5.41) is 5.21. The van der Waals surface area contributed by atoms with Crippen LogP contribution in [0.15, 0.2) is 109 Å². The summed E-state index contributed by atoms with van der Waals surface area (Å²) in [4.78, 5) is 12.3. The molecule has 0 spiro atoms. The quantitative estimate of drug-likeness (QED) is 0.0414. The number of rotatable bonds is 35. The van der Waals surface area contributed by atoms with Crippen molar-refractivity contribution in [2.75, 3.05) is 139 Å². The molecule has 14 heteroatoms. The van der Waals surface area contributed by atoms with E-state index < -0.39 is 14.4 Å². The summed E-state index contributed by atoms with van der Waals surface area (Å²) in [6.07, 6.45) is -0.453. The van der Waals surface area contributed by atoms with E-state index in [1.54, 1.807) is 0 Å². The van der Waals surface area contributed by atoms with E-state index in [2.05, 4.69) is 111 Å². The highest BCUT2D eigenvalue weighted by molar-refractivity contribution is 6.99. The van der Waals surface area contributed by atoms with Crippen molar-refractivity contribution in [3.8, 4) is 11.1 Å². The Morgan fingerprint density at radius 1 is 0.446 bits per heavy atom. The highest BCUT2D eigenvalue weighted by Gasteiger charge is 2.50. The van der Waals surface area contributed by atoms with Gasteiger partial charge in [-0.1, -0.05) is 130 Å². The number of carbonyl (C=O) groups is 1. The van der Waals surface area contributed by atoms with Crippen molar-refractivity contribution >= 4 is 24.8 Å². The van der Waals surface area contributed by atoms with E-state index in [-0.39, 0.29) is 17.6 Å². The van der Waals surface area contributed by atoms with Crippen molar-refractivity contribution < 1.29 is 56.6 Å². The van der Waals surface area contributed by atoms with E-state index in [0.29, 0.717) is 132 Å². The van der Waals surface area contributed by atoms with Crippen LogP contribution < -0.4 is 15.7 Å². The number of carbonyl (C=O) groups excluding carboxylic acids is 1. The van der Waals surface area contributed by atoms with Crippen LogP contribution in [0.4, 0.5) is 4.79 Å². The molecule has 0 aromatic heterocycles. The van der Waals surface area contributed by atoms with Crippen LogP contribution in [0.1, 0.15) is 37.8 Å². The summed E-state index contributed by atoms with van der Waals surface area (Å²) >= 11 is 0. The topological polar surface area (TPSA) is 131 Å². The lowest BCUT2D eigenvalue weighted by atomic mass is 9.98. The number of ether oxygens (including phenoxy) is 10.